The third kappa shape index (κ3) is 5.47. The number of nitrogens with one attached hydrogen (secondary N) is 1. The summed E-state index contributed by atoms with van der Waals surface area (Å²) in [5.41, 5.74) is 1.07. The van der Waals surface area contributed by atoms with Crippen LogP contribution in [-0.2, 0) is 14.3 Å². The van der Waals surface area contributed by atoms with Crippen molar-refractivity contribution in [1.29, 1.82) is 0 Å². The molecule has 1 amide bonds. The van der Waals surface area contributed by atoms with Gasteiger partial charge in [0.2, 0.25) is 6.10 Å². The summed E-state index contributed by atoms with van der Waals surface area (Å²) in [6.45, 7) is 0. The summed E-state index contributed by atoms with van der Waals surface area (Å²) in [6.07, 6.45) is 3.77. The average Bonchev–Trinajstić information content (AvgIpc) is 2.66. The highest BCUT2D eigenvalue weighted by Gasteiger charge is 2.30. The summed E-state index contributed by atoms with van der Waals surface area (Å²) in [5, 5.41) is 3.57. The molecule has 0 aromatic heterocycles. The van der Waals surface area contributed by atoms with Gasteiger partial charge in [-0.2, -0.15) is 0 Å². The van der Waals surface area contributed by atoms with Crippen LogP contribution in [0.3, 0.4) is 0 Å². The number of carbonyl (C=O) groups excluding carboxylic acids is 2. The number of rotatable bonds is 5. The van der Waals surface area contributed by atoms with Crippen LogP contribution in [0.4, 0.5) is 5.69 Å². The molecular formula is C21H21Cl2NO3. The second-order valence-electron chi connectivity index (χ2n) is 6.71. The fourth-order valence-corrected chi connectivity index (χ4v) is 3.81. The minimum Gasteiger partial charge on any atom is -0.447 e. The molecule has 0 radical (unpaired) electrons. The van der Waals surface area contributed by atoms with Crippen molar-refractivity contribution in [2.45, 2.75) is 38.2 Å². The Morgan fingerprint density at radius 1 is 0.963 bits per heavy atom. The van der Waals surface area contributed by atoms with E-state index in [0.29, 0.717) is 21.3 Å². The molecule has 1 aliphatic rings. The first kappa shape index (κ1) is 19.7. The van der Waals surface area contributed by atoms with E-state index in [0.717, 1.165) is 32.1 Å². The lowest BCUT2D eigenvalue weighted by atomic mass is 9.89. The predicted molar refractivity (Wildman–Crippen MR) is 107 cm³/mol. The minimum absolute atomic E-state index is 0.140. The molecule has 142 valence electrons. The Labute approximate surface area is 168 Å². The summed E-state index contributed by atoms with van der Waals surface area (Å²) in [6, 6.07) is 13.8. The number of ether oxygens (including phenoxy) is 1. The van der Waals surface area contributed by atoms with Crippen molar-refractivity contribution in [3.63, 3.8) is 0 Å². The highest BCUT2D eigenvalue weighted by Crippen LogP contribution is 2.29. The Hall–Kier alpha value is -2.04. The van der Waals surface area contributed by atoms with Crippen LogP contribution in [-0.4, -0.2) is 11.9 Å². The maximum Gasteiger partial charge on any atom is 0.310 e. The molecule has 0 saturated heterocycles. The first-order chi connectivity index (χ1) is 13.0. The average molecular weight is 406 g/mol. The lowest BCUT2D eigenvalue weighted by Crippen LogP contribution is -2.29. The van der Waals surface area contributed by atoms with Gasteiger partial charge in [-0.05, 0) is 31.0 Å². The Morgan fingerprint density at radius 2 is 1.59 bits per heavy atom. The molecule has 1 aliphatic carbocycles. The van der Waals surface area contributed by atoms with Crippen molar-refractivity contribution >= 4 is 40.8 Å². The number of esters is 1. The quantitative estimate of drug-likeness (QED) is 0.639. The van der Waals surface area contributed by atoms with Crippen molar-refractivity contribution in [2.24, 2.45) is 5.92 Å². The third-order valence-electron chi connectivity index (χ3n) is 4.64. The molecule has 0 unspecified atom stereocenters. The Balaban J connectivity index is 1.78. The van der Waals surface area contributed by atoms with E-state index >= 15 is 0 Å². The smallest absolute Gasteiger partial charge is 0.310 e. The van der Waals surface area contributed by atoms with Gasteiger partial charge >= 0.3 is 5.97 Å². The summed E-state index contributed by atoms with van der Waals surface area (Å²) < 4.78 is 5.65. The molecule has 6 heteroatoms. The highest BCUT2D eigenvalue weighted by molar-refractivity contribution is 6.35. The van der Waals surface area contributed by atoms with E-state index in [1.165, 1.54) is 0 Å². The normalized spacial score (nSPS) is 15.8. The Morgan fingerprint density at radius 3 is 2.22 bits per heavy atom. The molecule has 0 bridgehead atoms. The number of amides is 1. The molecule has 2 aromatic carbocycles. The van der Waals surface area contributed by atoms with Gasteiger partial charge in [-0.3, -0.25) is 9.59 Å². The van der Waals surface area contributed by atoms with E-state index in [4.69, 9.17) is 27.9 Å². The SMILES string of the molecule is O=C(O[C@@H](C(=O)Nc1cc(Cl)cc(Cl)c1)c1ccccc1)C1CCCCC1. The Kier molecular flexibility index (Phi) is 6.75. The zero-order valence-corrected chi connectivity index (χ0v) is 16.3. The van der Waals surface area contributed by atoms with Crippen LogP contribution in [0.2, 0.25) is 10.0 Å². The zero-order chi connectivity index (χ0) is 19.2. The van der Waals surface area contributed by atoms with Crippen LogP contribution in [0.15, 0.2) is 48.5 Å². The second-order valence-corrected chi connectivity index (χ2v) is 7.58. The maximum absolute atomic E-state index is 12.9. The summed E-state index contributed by atoms with van der Waals surface area (Å²) in [5.74, 6) is -0.898. The maximum atomic E-state index is 12.9. The molecule has 27 heavy (non-hydrogen) atoms. The first-order valence-electron chi connectivity index (χ1n) is 9.05. The molecule has 0 aliphatic heterocycles. The van der Waals surface area contributed by atoms with Gasteiger partial charge in [-0.25, -0.2) is 0 Å². The number of halogens is 2. The van der Waals surface area contributed by atoms with E-state index in [1.807, 2.05) is 6.07 Å². The summed E-state index contributed by atoms with van der Waals surface area (Å²) >= 11 is 12.0. The summed E-state index contributed by atoms with van der Waals surface area (Å²) in [4.78, 5) is 25.5. The second kappa shape index (κ2) is 9.25. The van der Waals surface area contributed by atoms with E-state index in [1.54, 1.807) is 42.5 Å². The third-order valence-corrected chi connectivity index (χ3v) is 5.08. The number of anilines is 1. The van der Waals surface area contributed by atoms with Gasteiger partial charge in [0.25, 0.3) is 5.91 Å². The molecule has 1 fully saturated rings. The standard InChI is InChI=1S/C21H21Cl2NO3/c22-16-11-17(23)13-18(12-16)24-20(25)19(14-7-3-1-4-8-14)27-21(26)15-9-5-2-6-10-15/h1,3-4,7-8,11-13,15,19H,2,5-6,9-10H2,(H,24,25)/t19-/m1/s1. The minimum atomic E-state index is -1.03. The van der Waals surface area contributed by atoms with Crippen molar-refractivity contribution < 1.29 is 14.3 Å². The van der Waals surface area contributed by atoms with Gasteiger partial charge in [0.15, 0.2) is 0 Å². The molecule has 4 nitrogen and oxygen atoms in total. The van der Waals surface area contributed by atoms with E-state index in [9.17, 15) is 9.59 Å². The number of hydrogen-bond donors (Lipinski definition) is 1. The fraction of sp³-hybridized carbons (Fsp3) is 0.333. The van der Waals surface area contributed by atoms with Crippen molar-refractivity contribution in [3.8, 4) is 0 Å². The van der Waals surface area contributed by atoms with Gasteiger partial charge in [-0.15, -0.1) is 0 Å². The monoisotopic (exact) mass is 405 g/mol. The van der Waals surface area contributed by atoms with Crippen LogP contribution in [0, 0.1) is 5.92 Å². The Bertz CT molecular complexity index is 784. The van der Waals surface area contributed by atoms with Gasteiger partial charge in [0, 0.05) is 21.3 Å². The molecule has 3 rings (SSSR count). The van der Waals surface area contributed by atoms with E-state index < -0.39 is 12.0 Å². The van der Waals surface area contributed by atoms with Crippen LogP contribution in [0.5, 0.6) is 0 Å². The van der Waals surface area contributed by atoms with Crippen LogP contribution < -0.4 is 5.32 Å². The van der Waals surface area contributed by atoms with Crippen LogP contribution >= 0.6 is 23.2 Å². The lowest BCUT2D eigenvalue weighted by Gasteiger charge is -2.24. The topological polar surface area (TPSA) is 55.4 Å². The van der Waals surface area contributed by atoms with E-state index in [-0.39, 0.29) is 11.9 Å². The van der Waals surface area contributed by atoms with Crippen molar-refractivity contribution in [2.75, 3.05) is 5.32 Å². The van der Waals surface area contributed by atoms with E-state index in [2.05, 4.69) is 5.32 Å². The van der Waals surface area contributed by atoms with Gasteiger partial charge in [0.1, 0.15) is 0 Å². The molecular weight excluding hydrogens is 385 g/mol. The van der Waals surface area contributed by atoms with Crippen molar-refractivity contribution in [1.82, 2.24) is 0 Å². The molecule has 0 spiro atoms. The predicted octanol–water partition coefficient (Wildman–Crippen LogP) is 5.80. The summed E-state index contributed by atoms with van der Waals surface area (Å²) in [7, 11) is 0. The fourth-order valence-electron chi connectivity index (χ4n) is 3.29. The van der Waals surface area contributed by atoms with Gasteiger partial charge < -0.3 is 10.1 Å². The first-order valence-corrected chi connectivity index (χ1v) is 9.81. The number of carbonyl (C=O) groups is 2. The van der Waals surface area contributed by atoms with Crippen LogP contribution in [0.1, 0.15) is 43.8 Å². The number of benzene rings is 2. The van der Waals surface area contributed by atoms with Crippen LogP contribution in [0.25, 0.3) is 0 Å². The molecule has 2 aromatic rings. The molecule has 0 heterocycles. The molecule has 1 N–H and O–H groups in total. The van der Waals surface area contributed by atoms with Gasteiger partial charge in [0.05, 0.1) is 5.92 Å². The van der Waals surface area contributed by atoms with Gasteiger partial charge in [-0.1, -0.05) is 72.8 Å². The molecule has 1 saturated carbocycles. The zero-order valence-electron chi connectivity index (χ0n) is 14.8. The highest BCUT2D eigenvalue weighted by atomic mass is 35.5. The largest absolute Gasteiger partial charge is 0.447 e. The lowest BCUT2D eigenvalue weighted by molar-refractivity contribution is -0.159. The number of hydrogen-bond acceptors (Lipinski definition) is 3. The molecule has 1 atom stereocenters. The van der Waals surface area contributed by atoms with Crippen molar-refractivity contribution in [3.05, 3.63) is 64.1 Å².